The molecule has 0 saturated carbocycles. The van der Waals surface area contributed by atoms with Crippen LogP contribution in [0.1, 0.15) is 16.1 Å². The van der Waals surface area contributed by atoms with Gasteiger partial charge >= 0.3 is 0 Å². The van der Waals surface area contributed by atoms with Gasteiger partial charge in [0.1, 0.15) is 17.9 Å². The highest BCUT2D eigenvalue weighted by Gasteiger charge is 2.27. The van der Waals surface area contributed by atoms with E-state index < -0.39 is 40.9 Å². The van der Waals surface area contributed by atoms with Gasteiger partial charge in [0.15, 0.2) is 5.69 Å². The van der Waals surface area contributed by atoms with Crippen molar-refractivity contribution in [2.75, 3.05) is 6.61 Å². The average molecular weight is 427 g/mol. The molecule has 1 heterocycles. The first kappa shape index (κ1) is 21.7. The molecular formula is C19H17N5O7. The van der Waals surface area contributed by atoms with Gasteiger partial charge in [-0.25, -0.2) is 10.4 Å². The zero-order valence-electron chi connectivity index (χ0n) is 15.8. The first-order chi connectivity index (χ1) is 14.8. The van der Waals surface area contributed by atoms with Gasteiger partial charge in [-0.05, 0) is 24.3 Å². The van der Waals surface area contributed by atoms with Crippen molar-refractivity contribution in [3.63, 3.8) is 0 Å². The Balaban J connectivity index is 1.98. The van der Waals surface area contributed by atoms with Crippen molar-refractivity contribution in [3.8, 4) is 0 Å². The van der Waals surface area contributed by atoms with Crippen LogP contribution in [0.5, 0.6) is 0 Å². The molecule has 0 aliphatic heterocycles. The van der Waals surface area contributed by atoms with Crippen LogP contribution in [-0.2, 0) is 0 Å². The number of hydrazone groups is 1. The molecule has 0 aliphatic rings. The number of nitrogens with zero attached hydrogens (tertiary/aromatic N) is 3. The minimum atomic E-state index is -1.85. The van der Waals surface area contributed by atoms with Crippen molar-refractivity contribution >= 4 is 28.3 Å². The van der Waals surface area contributed by atoms with E-state index in [1.807, 2.05) is 0 Å². The fraction of sp³-hybridized carbons (Fsp3) is 0.158. The number of amides is 1. The Kier molecular flexibility index (Phi) is 6.45. The summed E-state index contributed by atoms with van der Waals surface area (Å²) in [7, 11) is 0. The van der Waals surface area contributed by atoms with Crippen LogP contribution in [0.3, 0.4) is 0 Å². The van der Waals surface area contributed by atoms with Crippen LogP contribution in [0.4, 0.5) is 5.69 Å². The number of carbonyl (C=O) groups excluding carboxylic acids is 1. The third-order valence-corrected chi connectivity index (χ3v) is 4.29. The molecule has 31 heavy (non-hydrogen) atoms. The number of nitrogens with one attached hydrogen (secondary N) is 2. The number of hydrogen-bond donors (Lipinski definition) is 5. The van der Waals surface area contributed by atoms with Crippen LogP contribution < -0.4 is 11.0 Å². The smallest absolute Gasteiger partial charge is 0.276 e. The maximum Gasteiger partial charge on any atom is 0.276 e. The summed E-state index contributed by atoms with van der Waals surface area (Å²) in [5.74, 6) is -0.796. The molecule has 0 bridgehead atoms. The summed E-state index contributed by atoms with van der Waals surface area (Å²) in [5.41, 5.74) is 1.10. The number of aliphatic hydroxyl groups excluding tert-OH is 3. The van der Waals surface area contributed by atoms with Crippen molar-refractivity contribution in [3.05, 3.63) is 80.3 Å². The van der Waals surface area contributed by atoms with Crippen molar-refractivity contribution in [1.29, 1.82) is 0 Å². The fourth-order valence-electron chi connectivity index (χ4n) is 2.65. The Morgan fingerprint density at radius 1 is 1.19 bits per heavy atom. The number of non-ortho nitro benzene ring substituents is 1. The number of benzene rings is 2. The molecule has 0 saturated heterocycles. The molecule has 2 unspecified atom stereocenters. The van der Waals surface area contributed by atoms with E-state index in [0.29, 0.717) is 11.0 Å². The number of aromatic amines is 1. The molecule has 2 atom stereocenters. The summed E-state index contributed by atoms with van der Waals surface area (Å²) >= 11 is 0. The normalized spacial score (nSPS) is 13.6. The number of H-pyrrole nitrogens is 1. The molecular weight excluding hydrogens is 410 g/mol. The summed E-state index contributed by atoms with van der Waals surface area (Å²) in [6.07, 6.45) is -3.56. The minimum Gasteiger partial charge on any atom is -0.394 e. The zero-order valence-corrected chi connectivity index (χ0v) is 15.8. The van der Waals surface area contributed by atoms with E-state index >= 15 is 0 Å². The van der Waals surface area contributed by atoms with Crippen LogP contribution in [0.15, 0.2) is 58.4 Å². The molecule has 2 aromatic carbocycles. The monoisotopic (exact) mass is 427 g/mol. The van der Waals surface area contributed by atoms with Gasteiger partial charge in [-0.3, -0.25) is 19.7 Å². The third kappa shape index (κ3) is 4.78. The Labute approximate surface area is 173 Å². The number of carbonyl (C=O) groups is 1. The highest BCUT2D eigenvalue weighted by atomic mass is 16.6. The first-order valence-electron chi connectivity index (χ1n) is 8.90. The second-order valence-corrected chi connectivity index (χ2v) is 6.37. The van der Waals surface area contributed by atoms with E-state index in [1.165, 1.54) is 12.1 Å². The molecule has 0 fully saturated rings. The zero-order chi connectivity index (χ0) is 22.5. The maximum atomic E-state index is 12.5. The van der Waals surface area contributed by atoms with Crippen LogP contribution in [0.25, 0.3) is 11.0 Å². The fourth-order valence-corrected chi connectivity index (χ4v) is 2.65. The summed E-state index contributed by atoms with van der Waals surface area (Å²) in [4.78, 5) is 41.6. The summed E-state index contributed by atoms with van der Waals surface area (Å²) < 4.78 is 0. The van der Waals surface area contributed by atoms with E-state index in [2.05, 4.69) is 20.5 Å². The molecule has 0 spiro atoms. The second-order valence-electron chi connectivity index (χ2n) is 6.37. The summed E-state index contributed by atoms with van der Waals surface area (Å²) in [6, 6.07) is 11.2. The molecule has 0 aliphatic carbocycles. The highest BCUT2D eigenvalue weighted by Crippen LogP contribution is 2.12. The number of nitro groups is 1. The quantitative estimate of drug-likeness (QED) is 0.192. The van der Waals surface area contributed by atoms with Gasteiger partial charge in [0.2, 0.25) is 0 Å². The number of aromatic nitrogens is 2. The molecule has 0 radical (unpaired) electrons. The topological polar surface area (TPSA) is 191 Å². The van der Waals surface area contributed by atoms with Crippen LogP contribution >= 0.6 is 0 Å². The Hall–Kier alpha value is -4.00. The lowest BCUT2D eigenvalue weighted by molar-refractivity contribution is -0.384. The molecule has 5 N–H and O–H groups in total. The van der Waals surface area contributed by atoms with Crippen LogP contribution in [0.2, 0.25) is 0 Å². The summed E-state index contributed by atoms with van der Waals surface area (Å²) in [6.45, 7) is -0.845. The van der Waals surface area contributed by atoms with Gasteiger partial charge in [0.25, 0.3) is 17.2 Å². The summed E-state index contributed by atoms with van der Waals surface area (Å²) in [5, 5.41) is 43.8. The average Bonchev–Trinajstić information content (AvgIpc) is 2.78. The highest BCUT2D eigenvalue weighted by molar-refractivity contribution is 6.04. The lowest BCUT2D eigenvalue weighted by Crippen LogP contribution is -2.41. The van der Waals surface area contributed by atoms with Crippen molar-refractivity contribution < 1.29 is 25.0 Å². The number of nitro benzene ring substituents is 1. The van der Waals surface area contributed by atoms with Gasteiger partial charge in [0, 0.05) is 17.7 Å². The van der Waals surface area contributed by atoms with Crippen molar-refractivity contribution in [2.45, 2.75) is 12.2 Å². The molecule has 12 nitrogen and oxygen atoms in total. The first-order valence-corrected chi connectivity index (χ1v) is 8.90. The molecule has 1 amide bonds. The minimum absolute atomic E-state index is 0.0197. The lowest BCUT2D eigenvalue weighted by Gasteiger charge is -2.17. The number of fused-ring (bicyclic) bond motifs is 1. The van der Waals surface area contributed by atoms with E-state index in [0.717, 1.165) is 12.1 Å². The predicted molar refractivity (Wildman–Crippen MR) is 109 cm³/mol. The molecule has 160 valence electrons. The molecule has 3 rings (SSSR count). The maximum absolute atomic E-state index is 12.5. The Morgan fingerprint density at radius 3 is 2.52 bits per heavy atom. The van der Waals surface area contributed by atoms with Gasteiger partial charge in [0.05, 0.1) is 22.6 Å². The number of rotatable bonds is 7. The number of aliphatic hydroxyl groups is 3. The van der Waals surface area contributed by atoms with E-state index in [4.69, 9.17) is 5.11 Å². The number of para-hydroxylation sites is 2. The largest absolute Gasteiger partial charge is 0.394 e. The second kappa shape index (κ2) is 9.21. The Morgan fingerprint density at radius 2 is 1.87 bits per heavy atom. The SMILES string of the molecule is O=C(NN=C(c1nc2ccccc2[nH]c1=O)C(O)C(O)CO)c1ccc([N+](=O)[O-])cc1. The van der Waals surface area contributed by atoms with Crippen molar-refractivity contribution in [2.24, 2.45) is 5.10 Å². The predicted octanol–water partition coefficient (Wildman–Crippen LogP) is -0.321. The van der Waals surface area contributed by atoms with Gasteiger partial charge in [-0.15, -0.1) is 0 Å². The third-order valence-electron chi connectivity index (χ3n) is 4.29. The van der Waals surface area contributed by atoms with Crippen LogP contribution in [-0.4, -0.2) is 60.6 Å². The lowest BCUT2D eigenvalue weighted by atomic mass is 10.1. The molecule has 3 aromatic rings. The van der Waals surface area contributed by atoms with E-state index in [1.54, 1.807) is 24.3 Å². The Bertz CT molecular complexity index is 1210. The molecule has 12 heteroatoms. The molecule has 1 aromatic heterocycles. The van der Waals surface area contributed by atoms with Crippen molar-refractivity contribution in [1.82, 2.24) is 15.4 Å². The number of hydrogen-bond acceptors (Lipinski definition) is 9. The van der Waals surface area contributed by atoms with Gasteiger partial charge in [-0.2, -0.15) is 5.10 Å². The van der Waals surface area contributed by atoms with Gasteiger partial charge < -0.3 is 20.3 Å². The standard InChI is InChI=1S/C19H17N5O7/c25-9-14(26)17(27)15(16-19(29)21-13-4-2-1-3-12(13)20-16)22-23-18(28)10-5-7-11(8-6-10)24(30)31/h1-8,14,17,25-27H,9H2,(H,21,29)(H,23,28). The van der Waals surface area contributed by atoms with Crippen LogP contribution in [0, 0.1) is 10.1 Å². The van der Waals surface area contributed by atoms with E-state index in [9.17, 15) is 29.9 Å². The van der Waals surface area contributed by atoms with Gasteiger partial charge in [-0.1, -0.05) is 12.1 Å². The van der Waals surface area contributed by atoms with E-state index in [-0.39, 0.29) is 16.9 Å².